The predicted octanol–water partition coefficient (Wildman–Crippen LogP) is 5.20. The van der Waals surface area contributed by atoms with E-state index in [2.05, 4.69) is 33.0 Å². The Bertz CT molecular complexity index is 1270. The summed E-state index contributed by atoms with van der Waals surface area (Å²) in [6.45, 7) is 7.65. The summed E-state index contributed by atoms with van der Waals surface area (Å²) in [5.74, 6) is 0.624. The van der Waals surface area contributed by atoms with Crippen LogP contribution in [0.5, 0.6) is 0 Å². The molecule has 2 aliphatic rings. The number of hydrogen-bond donors (Lipinski definition) is 1. The molecule has 2 fully saturated rings. The first kappa shape index (κ1) is 25.9. The van der Waals surface area contributed by atoms with Gasteiger partial charge in [0, 0.05) is 68.9 Å². The smallest absolute Gasteiger partial charge is 0.253 e. The first-order valence-corrected chi connectivity index (χ1v) is 13.6. The molecule has 0 unspecified atom stereocenters. The number of likely N-dealkylation sites (tertiary alicyclic amines) is 1. The lowest BCUT2D eigenvalue weighted by atomic mass is 9.97. The zero-order valence-corrected chi connectivity index (χ0v) is 22.3. The third kappa shape index (κ3) is 5.44. The van der Waals surface area contributed by atoms with Gasteiger partial charge in [-0.2, -0.15) is 0 Å². The average molecular weight is 526 g/mol. The maximum Gasteiger partial charge on any atom is 0.253 e. The largest absolute Gasteiger partial charge is 0.355 e. The van der Waals surface area contributed by atoms with Crippen LogP contribution in [0.1, 0.15) is 43.5 Å². The van der Waals surface area contributed by atoms with Crippen LogP contribution in [-0.4, -0.2) is 72.5 Å². The minimum Gasteiger partial charge on any atom is -0.355 e. The van der Waals surface area contributed by atoms with Crippen LogP contribution in [0.3, 0.4) is 0 Å². The molecule has 6 nitrogen and oxygen atoms in total. The molecule has 3 heterocycles. The van der Waals surface area contributed by atoms with Crippen LogP contribution in [-0.2, 0) is 6.54 Å². The molecule has 2 aromatic carbocycles. The first-order chi connectivity index (χ1) is 18.0. The van der Waals surface area contributed by atoms with Crippen LogP contribution >= 0.6 is 11.6 Å². The van der Waals surface area contributed by atoms with Gasteiger partial charge in [0.1, 0.15) is 11.6 Å². The van der Waals surface area contributed by atoms with E-state index >= 15 is 0 Å². The number of piperazine rings is 1. The molecule has 1 aromatic heterocycles. The average Bonchev–Trinajstić information content (AvgIpc) is 2.93. The fraction of sp³-hybridized carbons (Fsp3) is 0.448. The number of halogens is 2. The molecule has 2 saturated heterocycles. The summed E-state index contributed by atoms with van der Waals surface area (Å²) >= 11 is 5.91. The molecular weight excluding hydrogens is 489 g/mol. The highest BCUT2D eigenvalue weighted by Crippen LogP contribution is 2.31. The van der Waals surface area contributed by atoms with Crippen molar-refractivity contribution in [2.75, 3.05) is 44.7 Å². The van der Waals surface area contributed by atoms with Gasteiger partial charge in [0.25, 0.3) is 5.91 Å². The van der Waals surface area contributed by atoms with Gasteiger partial charge in [0.05, 0.1) is 5.56 Å². The summed E-state index contributed by atoms with van der Waals surface area (Å²) in [5, 5.41) is 5.13. The zero-order valence-electron chi connectivity index (χ0n) is 21.6. The number of piperidine rings is 1. The van der Waals surface area contributed by atoms with E-state index in [0.717, 1.165) is 68.6 Å². The Kier molecular flexibility index (Phi) is 7.93. The van der Waals surface area contributed by atoms with Gasteiger partial charge in [-0.15, -0.1) is 0 Å². The fourth-order valence-corrected chi connectivity index (χ4v) is 6.11. The molecule has 1 atom stereocenters. The molecule has 0 saturated carbocycles. The van der Waals surface area contributed by atoms with Crippen molar-refractivity contribution in [2.45, 2.75) is 44.8 Å². The van der Waals surface area contributed by atoms with E-state index < -0.39 is 0 Å². The molecule has 1 amide bonds. The molecular formula is C29H37ClFN5O. The van der Waals surface area contributed by atoms with E-state index in [9.17, 15) is 9.18 Å². The third-order valence-electron chi connectivity index (χ3n) is 7.98. The second kappa shape index (κ2) is 11.3. The lowest BCUT2D eigenvalue weighted by molar-refractivity contribution is 0.0608. The molecule has 0 spiro atoms. The van der Waals surface area contributed by atoms with Crippen molar-refractivity contribution in [1.82, 2.24) is 20.1 Å². The third-order valence-corrected chi connectivity index (χ3v) is 8.22. The number of hydrogen-bond acceptors (Lipinski definition) is 5. The number of benzene rings is 2. The topological polar surface area (TPSA) is 51.7 Å². The van der Waals surface area contributed by atoms with Crippen molar-refractivity contribution in [3.05, 3.63) is 70.6 Å². The number of carbonyl (C=O) groups is 1. The number of pyridine rings is 1. The molecule has 0 aliphatic carbocycles. The number of rotatable bonds is 6. The SMILES string of the molecule is CC[C@H]1CN(c2ncc(C(=O)NC)c3ccccc23)CCN1C1CCN(Cc2ccc(Cl)cc2F)CC1.[HH]. The summed E-state index contributed by atoms with van der Waals surface area (Å²) in [7, 11) is 1.65. The lowest BCUT2D eigenvalue weighted by Gasteiger charge is -2.48. The number of nitrogens with zero attached hydrogens (tertiary/aromatic N) is 4. The summed E-state index contributed by atoms with van der Waals surface area (Å²) in [5.41, 5.74) is 1.32. The summed E-state index contributed by atoms with van der Waals surface area (Å²) in [6, 6.07) is 14.0. The van der Waals surface area contributed by atoms with Crippen molar-refractivity contribution >= 4 is 34.1 Å². The summed E-state index contributed by atoms with van der Waals surface area (Å²) < 4.78 is 14.3. The molecule has 0 bridgehead atoms. The van der Waals surface area contributed by atoms with Gasteiger partial charge in [0.2, 0.25) is 0 Å². The van der Waals surface area contributed by atoms with Crippen LogP contribution in [0.15, 0.2) is 48.7 Å². The van der Waals surface area contributed by atoms with E-state index in [1.807, 2.05) is 18.2 Å². The maximum atomic E-state index is 14.3. The van der Waals surface area contributed by atoms with Crippen LogP contribution < -0.4 is 10.2 Å². The Morgan fingerprint density at radius 2 is 1.89 bits per heavy atom. The number of amides is 1. The van der Waals surface area contributed by atoms with Gasteiger partial charge in [-0.3, -0.25) is 14.6 Å². The van der Waals surface area contributed by atoms with Crippen LogP contribution in [0.25, 0.3) is 10.8 Å². The number of aromatic nitrogens is 1. The molecule has 8 heteroatoms. The normalized spacial score (nSPS) is 19.9. The minimum absolute atomic E-state index is 0. The van der Waals surface area contributed by atoms with Gasteiger partial charge in [-0.05, 0) is 49.9 Å². The van der Waals surface area contributed by atoms with E-state index in [-0.39, 0.29) is 13.2 Å². The van der Waals surface area contributed by atoms with Gasteiger partial charge >= 0.3 is 0 Å². The second-order valence-corrected chi connectivity index (χ2v) is 10.5. The Labute approximate surface area is 224 Å². The van der Waals surface area contributed by atoms with Gasteiger partial charge in [0.15, 0.2) is 0 Å². The summed E-state index contributed by atoms with van der Waals surface area (Å²) in [4.78, 5) is 24.6. The van der Waals surface area contributed by atoms with Crippen molar-refractivity contribution in [2.24, 2.45) is 0 Å². The molecule has 5 rings (SSSR count). The number of fused-ring (bicyclic) bond motifs is 1. The maximum absolute atomic E-state index is 14.3. The minimum atomic E-state index is -0.221. The predicted molar refractivity (Wildman–Crippen MR) is 150 cm³/mol. The number of carbonyl (C=O) groups excluding carboxylic acids is 1. The van der Waals surface area contributed by atoms with Crippen LogP contribution in [0.2, 0.25) is 5.02 Å². The van der Waals surface area contributed by atoms with E-state index in [1.54, 1.807) is 25.4 Å². The lowest BCUT2D eigenvalue weighted by Crippen LogP contribution is -2.58. The molecule has 198 valence electrons. The van der Waals surface area contributed by atoms with Crippen molar-refractivity contribution in [3.8, 4) is 0 Å². The Morgan fingerprint density at radius 1 is 1.14 bits per heavy atom. The summed E-state index contributed by atoms with van der Waals surface area (Å²) in [6.07, 6.45) is 4.96. The molecule has 3 aromatic rings. The molecule has 2 aliphatic heterocycles. The van der Waals surface area contributed by atoms with E-state index in [1.165, 1.54) is 6.07 Å². The Balaban J connectivity index is 0.00000336. The number of nitrogens with one attached hydrogen (secondary N) is 1. The van der Waals surface area contributed by atoms with Gasteiger partial charge in [-0.25, -0.2) is 9.37 Å². The molecule has 1 N–H and O–H groups in total. The van der Waals surface area contributed by atoms with Crippen LogP contribution in [0.4, 0.5) is 10.2 Å². The quantitative estimate of drug-likeness (QED) is 0.479. The van der Waals surface area contributed by atoms with Crippen LogP contribution in [0, 0.1) is 5.82 Å². The zero-order chi connectivity index (χ0) is 25.9. The molecule has 37 heavy (non-hydrogen) atoms. The van der Waals surface area contributed by atoms with E-state index in [0.29, 0.717) is 34.8 Å². The monoisotopic (exact) mass is 525 g/mol. The second-order valence-electron chi connectivity index (χ2n) is 10.1. The highest BCUT2D eigenvalue weighted by Gasteiger charge is 2.34. The standard InChI is InChI=1S/C29H35ClFN5O.H2/c1-3-22-19-35(28-25-7-5-4-6-24(25)26(17-33-28)29(37)32-2)14-15-36(22)23-10-12-34(13-11-23)18-20-8-9-21(30)16-27(20)31;/h4-9,16-17,22-23H,3,10-15,18-19H2,1-2H3,(H,32,37);1H/t22-;/m0./s1. The Hall–Kier alpha value is -2.74. The van der Waals surface area contributed by atoms with Crippen molar-refractivity contribution < 1.29 is 10.6 Å². The fourth-order valence-electron chi connectivity index (χ4n) is 5.95. The van der Waals surface area contributed by atoms with Crippen molar-refractivity contribution in [1.29, 1.82) is 0 Å². The molecule has 0 radical (unpaired) electrons. The Morgan fingerprint density at radius 3 is 2.59 bits per heavy atom. The highest BCUT2D eigenvalue weighted by molar-refractivity contribution is 6.30. The van der Waals surface area contributed by atoms with E-state index in [4.69, 9.17) is 16.6 Å². The van der Waals surface area contributed by atoms with Gasteiger partial charge in [-0.1, -0.05) is 48.9 Å². The first-order valence-electron chi connectivity index (χ1n) is 13.2. The highest BCUT2D eigenvalue weighted by atomic mass is 35.5. The van der Waals surface area contributed by atoms with Crippen molar-refractivity contribution in [3.63, 3.8) is 0 Å². The van der Waals surface area contributed by atoms with Gasteiger partial charge < -0.3 is 10.2 Å². The number of anilines is 1.